The number of ether oxygens (including phenoxy) is 1. The molecule has 0 amide bonds. The molecule has 1 atom stereocenters. The molecule has 5 nitrogen and oxygen atoms in total. The topological polar surface area (TPSA) is 50.3 Å². The summed E-state index contributed by atoms with van der Waals surface area (Å²) in [7, 11) is 0. The van der Waals surface area contributed by atoms with Gasteiger partial charge in [0.2, 0.25) is 5.88 Å². The van der Waals surface area contributed by atoms with E-state index in [2.05, 4.69) is 27.1 Å². The van der Waals surface area contributed by atoms with Crippen molar-refractivity contribution in [2.45, 2.75) is 32.9 Å². The summed E-state index contributed by atoms with van der Waals surface area (Å²) in [5.74, 6) is 1.50. The summed E-state index contributed by atoms with van der Waals surface area (Å²) in [5, 5.41) is 3.41. The molecule has 1 aliphatic rings. The van der Waals surface area contributed by atoms with Crippen LogP contribution in [0.2, 0.25) is 0 Å². The molecule has 0 saturated carbocycles. The Morgan fingerprint density at radius 3 is 3.00 bits per heavy atom. The standard InChI is InChI=1S/C12H20N4O/c1-9(2)17-12-7-13-6-11(15-12)16-5-4-14-10(3)8-16/h6-7,9-10,14H,4-5,8H2,1-3H3. The van der Waals surface area contributed by atoms with Crippen molar-refractivity contribution >= 4 is 5.82 Å². The Balaban J connectivity index is 2.09. The molecular weight excluding hydrogens is 216 g/mol. The lowest BCUT2D eigenvalue weighted by molar-refractivity contribution is 0.231. The first-order chi connectivity index (χ1) is 8.15. The summed E-state index contributed by atoms with van der Waals surface area (Å²) in [4.78, 5) is 10.9. The summed E-state index contributed by atoms with van der Waals surface area (Å²) in [6, 6.07) is 0.486. The van der Waals surface area contributed by atoms with Crippen molar-refractivity contribution in [2.24, 2.45) is 0 Å². The lowest BCUT2D eigenvalue weighted by Crippen LogP contribution is -2.49. The van der Waals surface area contributed by atoms with Crippen molar-refractivity contribution in [3.8, 4) is 5.88 Å². The minimum atomic E-state index is 0.126. The molecule has 0 bridgehead atoms. The molecule has 1 saturated heterocycles. The molecule has 1 N–H and O–H groups in total. The van der Waals surface area contributed by atoms with E-state index in [9.17, 15) is 0 Å². The van der Waals surface area contributed by atoms with Crippen LogP contribution in [-0.4, -0.2) is 41.7 Å². The fourth-order valence-corrected chi connectivity index (χ4v) is 1.93. The van der Waals surface area contributed by atoms with Crippen LogP contribution in [0.1, 0.15) is 20.8 Å². The molecule has 1 aromatic rings. The van der Waals surface area contributed by atoms with Crippen LogP contribution in [0, 0.1) is 0 Å². The normalized spacial score (nSPS) is 20.7. The van der Waals surface area contributed by atoms with Crippen LogP contribution in [0.25, 0.3) is 0 Å². The Hall–Kier alpha value is -1.36. The minimum absolute atomic E-state index is 0.126. The summed E-state index contributed by atoms with van der Waals surface area (Å²) in [6.45, 7) is 9.05. The van der Waals surface area contributed by atoms with Gasteiger partial charge < -0.3 is 15.0 Å². The maximum absolute atomic E-state index is 5.56. The molecule has 0 aliphatic carbocycles. The number of rotatable bonds is 3. The van der Waals surface area contributed by atoms with Crippen molar-refractivity contribution < 1.29 is 4.74 Å². The van der Waals surface area contributed by atoms with Crippen LogP contribution >= 0.6 is 0 Å². The van der Waals surface area contributed by atoms with Gasteiger partial charge in [0, 0.05) is 25.7 Å². The van der Waals surface area contributed by atoms with Gasteiger partial charge in [-0.15, -0.1) is 0 Å². The molecule has 5 heteroatoms. The van der Waals surface area contributed by atoms with Gasteiger partial charge in [-0.1, -0.05) is 0 Å². The number of aromatic nitrogens is 2. The molecule has 94 valence electrons. The third kappa shape index (κ3) is 3.30. The number of anilines is 1. The van der Waals surface area contributed by atoms with E-state index in [4.69, 9.17) is 4.74 Å². The first-order valence-corrected chi connectivity index (χ1v) is 6.12. The number of hydrogen-bond acceptors (Lipinski definition) is 5. The fourth-order valence-electron chi connectivity index (χ4n) is 1.93. The van der Waals surface area contributed by atoms with Gasteiger partial charge in [0.25, 0.3) is 0 Å². The Labute approximate surface area is 102 Å². The maximum atomic E-state index is 5.56. The van der Waals surface area contributed by atoms with E-state index in [0.29, 0.717) is 11.9 Å². The molecular formula is C12H20N4O. The van der Waals surface area contributed by atoms with E-state index in [0.717, 1.165) is 25.5 Å². The predicted octanol–water partition coefficient (Wildman–Crippen LogP) is 1.06. The third-order valence-electron chi connectivity index (χ3n) is 2.65. The first kappa shape index (κ1) is 12.1. The molecule has 0 radical (unpaired) electrons. The van der Waals surface area contributed by atoms with Gasteiger partial charge in [0.1, 0.15) is 0 Å². The predicted molar refractivity (Wildman–Crippen MR) is 67.5 cm³/mol. The van der Waals surface area contributed by atoms with E-state index in [-0.39, 0.29) is 6.10 Å². The Kier molecular flexibility index (Phi) is 3.78. The van der Waals surface area contributed by atoms with Crippen molar-refractivity contribution in [3.63, 3.8) is 0 Å². The van der Waals surface area contributed by atoms with Crippen molar-refractivity contribution in [2.75, 3.05) is 24.5 Å². The zero-order chi connectivity index (χ0) is 12.3. The van der Waals surface area contributed by atoms with Crippen LogP contribution in [0.4, 0.5) is 5.82 Å². The highest BCUT2D eigenvalue weighted by molar-refractivity contribution is 5.38. The summed E-state index contributed by atoms with van der Waals surface area (Å²) in [6.07, 6.45) is 3.59. The van der Waals surface area contributed by atoms with Crippen LogP contribution in [0.3, 0.4) is 0 Å². The second kappa shape index (κ2) is 5.31. The molecule has 0 aromatic carbocycles. The van der Waals surface area contributed by atoms with Crippen LogP contribution in [-0.2, 0) is 0 Å². The largest absolute Gasteiger partial charge is 0.474 e. The summed E-state index contributed by atoms with van der Waals surface area (Å²) >= 11 is 0. The van der Waals surface area contributed by atoms with Crippen LogP contribution in [0.5, 0.6) is 5.88 Å². The van der Waals surface area contributed by atoms with Gasteiger partial charge in [0.15, 0.2) is 5.82 Å². The van der Waals surface area contributed by atoms with E-state index in [1.54, 1.807) is 12.4 Å². The van der Waals surface area contributed by atoms with Crippen LogP contribution in [0.15, 0.2) is 12.4 Å². The smallest absolute Gasteiger partial charge is 0.234 e. The zero-order valence-corrected chi connectivity index (χ0v) is 10.7. The molecule has 1 aromatic heterocycles. The van der Waals surface area contributed by atoms with Crippen molar-refractivity contribution in [1.82, 2.24) is 15.3 Å². The van der Waals surface area contributed by atoms with Gasteiger partial charge in [-0.2, -0.15) is 4.98 Å². The highest BCUT2D eigenvalue weighted by atomic mass is 16.5. The molecule has 0 spiro atoms. The molecule has 1 fully saturated rings. The van der Waals surface area contributed by atoms with Crippen molar-refractivity contribution in [1.29, 1.82) is 0 Å². The number of piperazine rings is 1. The van der Waals surface area contributed by atoms with E-state index in [1.165, 1.54) is 0 Å². The van der Waals surface area contributed by atoms with Crippen molar-refractivity contribution in [3.05, 3.63) is 12.4 Å². The Bertz CT molecular complexity index is 369. The summed E-state index contributed by atoms with van der Waals surface area (Å²) in [5.41, 5.74) is 0. The average molecular weight is 236 g/mol. The average Bonchev–Trinajstić information content (AvgIpc) is 2.28. The monoisotopic (exact) mass is 236 g/mol. The highest BCUT2D eigenvalue weighted by Gasteiger charge is 2.17. The van der Waals surface area contributed by atoms with Gasteiger partial charge in [-0.3, -0.25) is 4.98 Å². The quantitative estimate of drug-likeness (QED) is 0.850. The SMILES string of the molecule is CC1CN(c2cncc(OC(C)C)n2)CCN1. The lowest BCUT2D eigenvalue weighted by Gasteiger charge is -2.32. The first-order valence-electron chi connectivity index (χ1n) is 6.12. The van der Waals surface area contributed by atoms with Gasteiger partial charge in [-0.05, 0) is 20.8 Å². The molecule has 2 rings (SSSR count). The Morgan fingerprint density at radius 1 is 1.47 bits per heavy atom. The highest BCUT2D eigenvalue weighted by Crippen LogP contribution is 2.16. The number of nitrogens with zero attached hydrogens (tertiary/aromatic N) is 3. The van der Waals surface area contributed by atoms with E-state index < -0.39 is 0 Å². The maximum Gasteiger partial charge on any atom is 0.234 e. The molecule has 2 heterocycles. The third-order valence-corrected chi connectivity index (χ3v) is 2.65. The van der Waals surface area contributed by atoms with E-state index >= 15 is 0 Å². The second-order valence-corrected chi connectivity index (χ2v) is 4.68. The van der Waals surface area contributed by atoms with E-state index in [1.807, 2.05) is 13.8 Å². The van der Waals surface area contributed by atoms with Crippen LogP contribution < -0.4 is 15.0 Å². The number of hydrogen-bond donors (Lipinski definition) is 1. The summed E-state index contributed by atoms with van der Waals surface area (Å²) < 4.78 is 5.56. The zero-order valence-electron chi connectivity index (χ0n) is 10.7. The lowest BCUT2D eigenvalue weighted by atomic mass is 10.2. The molecule has 17 heavy (non-hydrogen) atoms. The van der Waals surface area contributed by atoms with Gasteiger partial charge in [0.05, 0.1) is 18.5 Å². The number of nitrogens with one attached hydrogen (secondary N) is 1. The van der Waals surface area contributed by atoms with Gasteiger partial charge >= 0.3 is 0 Å². The Morgan fingerprint density at radius 2 is 2.29 bits per heavy atom. The minimum Gasteiger partial charge on any atom is -0.474 e. The molecule has 1 aliphatic heterocycles. The van der Waals surface area contributed by atoms with Gasteiger partial charge in [-0.25, -0.2) is 0 Å². The second-order valence-electron chi connectivity index (χ2n) is 4.68. The fraction of sp³-hybridized carbons (Fsp3) is 0.667. The molecule has 1 unspecified atom stereocenters.